The molecule has 1 aliphatic rings. The van der Waals surface area contributed by atoms with E-state index in [2.05, 4.69) is 10.2 Å². The van der Waals surface area contributed by atoms with Crippen molar-refractivity contribution < 1.29 is 22.7 Å². The van der Waals surface area contributed by atoms with Crippen molar-refractivity contribution in [1.82, 2.24) is 19.1 Å². The number of ether oxygens (including phenoxy) is 1. The molecule has 0 unspecified atom stereocenters. The second kappa shape index (κ2) is 10.1. The maximum Gasteiger partial charge on any atom is 0.243 e. The zero-order valence-corrected chi connectivity index (χ0v) is 18.9. The van der Waals surface area contributed by atoms with Gasteiger partial charge in [-0.1, -0.05) is 23.9 Å². The Labute approximate surface area is 190 Å². The van der Waals surface area contributed by atoms with Crippen LogP contribution in [-0.2, 0) is 14.8 Å². The van der Waals surface area contributed by atoms with Gasteiger partial charge in [-0.25, -0.2) is 12.8 Å². The van der Waals surface area contributed by atoms with Crippen molar-refractivity contribution >= 4 is 21.8 Å². The number of aliphatic hydroxyl groups is 1. The van der Waals surface area contributed by atoms with Gasteiger partial charge in [0, 0.05) is 36.7 Å². The molecule has 0 amide bonds. The quantitative estimate of drug-likeness (QED) is 0.393. The summed E-state index contributed by atoms with van der Waals surface area (Å²) in [5.41, 5.74) is 1.23. The number of hydrogen-bond donors (Lipinski definition) is 1. The van der Waals surface area contributed by atoms with Gasteiger partial charge in [-0.3, -0.25) is 4.57 Å². The number of morpholine rings is 1. The molecule has 0 bridgehead atoms. The summed E-state index contributed by atoms with van der Waals surface area (Å²) in [7, 11) is -3.67. The van der Waals surface area contributed by atoms with E-state index in [1.807, 2.05) is 0 Å². The fraction of sp³-hybridized carbons (Fsp3) is 0.333. The van der Waals surface area contributed by atoms with Crippen molar-refractivity contribution in [3.8, 4) is 17.1 Å². The van der Waals surface area contributed by atoms with E-state index in [4.69, 9.17) is 9.84 Å². The summed E-state index contributed by atoms with van der Waals surface area (Å²) in [5, 5.41) is 18.2. The lowest BCUT2D eigenvalue weighted by atomic mass is 10.2. The topological polar surface area (TPSA) is 97.6 Å². The Morgan fingerprint density at radius 2 is 1.84 bits per heavy atom. The van der Waals surface area contributed by atoms with Crippen LogP contribution in [0.3, 0.4) is 0 Å². The second-order valence-electron chi connectivity index (χ2n) is 7.09. The Kier molecular flexibility index (Phi) is 7.21. The SMILES string of the molecule is O=S(=O)(c1cccc(-c2nnc(SCCCO)n2-c2ccc(F)cc2)c1)N1CCOCC1. The lowest BCUT2D eigenvalue weighted by Crippen LogP contribution is -2.40. The first-order valence-electron chi connectivity index (χ1n) is 10.1. The monoisotopic (exact) mass is 478 g/mol. The van der Waals surface area contributed by atoms with Gasteiger partial charge in [0.15, 0.2) is 11.0 Å². The maximum atomic E-state index is 13.5. The Morgan fingerprint density at radius 1 is 1.09 bits per heavy atom. The smallest absolute Gasteiger partial charge is 0.243 e. The van der Waals surface area contributed by atoms with E-state index in [-0.39, 0.29) is 17.3 Å². The molecule has 1 N–H and O–H groups in total. The van der Waals surface area contributed by atoms with Crippen LogP contribution in [0.4, 0.5) is 4.39 Å². The third kappa shape index (κ3) is 4.86. The van der Waals surface area contributed by atoms with Crippen molar-refractivity contribution in [3.05, 3.63) is 54.3 Å². The molecule has 3 aromatic rings. The molecule has 1 saturated heterocycles. The Balaban J connectivity index is 1.75. The van der Waals surface area contributed by atoms with E-state index < -0.39 is 10.0 Å². The molecule has 1 fully saturated rings. The predicted octanol–water partition coefficient (Wildman–Crippen LogP) is 2.57. The number of thioether (sulfide) groups is 1. The molecule has 0 aliphatic carbocycles. The zero-order chi connectivity index (χ0) is 22.6. The van der Waals surface area contributed by atoms with Gasteiger partial charge in [-0.05, 0) is 42.8 Å². The van der Waals surface area contributed by atoms with Crippen LogP contribution in [0.5, 0.6) is 0 Å². The summed E-state index contributed by atoms with van der Waals surface area (Å²) in [6.45, 7) is 1.42. The number of benzene rings is 2. The molecule has 1 aliphatic heterocycles. The van der Waals surface area contributed by atoms with Crippen molar-refractivity contribution in [2.24, 2.45) is 0 Å². The largest absolute Gasteiger partial charge is 0.396 e. The molecule has 0 saturated carbocycles. The number of sulfonamides is 1. The number of aromatic nitrogens is 3. The summed E-state index contributed by atoms with van der Waals surface area (Å²) in [6.07, 6.45) is 0.587. The highest BCUT2D eigenvalue weighted by Gasteiger charge is 2.27. The van der Waals surface area contributed by atoms with E-state index >= 15 is 0 Å². The number of halogens is 1. The summed E-state index contributed by atoms with van der Waals surface area (Å²) >= 11 is 1.41. The summed E-state index contributed by atoms with van der Waals surface area (Å²) in [4.78, 5) is 0.167. The van der Waals surface area contributed by atoms with Gasteiger partial charge in [-0.2, -0.15) is 4.31 Å². The van der Waals surface area contributed by atoms with Crippen molar-refractivity contribution in [1.29, 1.82) is 0 Å². The van der Waals surface area contributed by atoms with E-state index in [0.29, 0.717) is 60.7 Å². The minimum absolute atomic E-state index is 0.0615. The first-order chi connectivity index (χ1) is 15.5. The third-order valence-corrected chi connectivity index (χ3v) is 7.86. The predicted molar refractivity (Wildman–Crippen MR) is 119 cm³/mol. The van der Waals surface area contributed by atoms with Crippen LogP contribution in [0.1, 0.15) is 6.42 Å². The van der Waals surface area contributed by atoms with Crippen LogP contribution in [0.2, 0.25) is 0 Å². The minimum Gasteiger partial charge on any atom is -0.396 e. The molecular formula is C21H23FN4O4S2. The lowest BCUT2D eigenvalue weighted by Gasteiger charge is -2.26. The number of nitrogens with zero attached hydrogens (tertiary/aromatic N) is 4. The van der Waals surface area contributed by atoms with Crippen LogP contribution >= 0.6 is 11.8 Å². The molecule has 11 heteroatoms. The molecular weight excluding hydrogens is 455 g/mol. The summed E-state index contributed by atoms with van der Waals surface area (Å²) in [6, 6.07) is 12.5. The lowest BCUT2D eigenvalue weighted by molar-refractivity contribution is 0.0730. The highest BCUT2D eigenvalue weighted by Crippen LogP contribution is 2.30. The van der Waals surface area contributed by atoms with Gasteiger partial charge < -0.3 is 9.84 Å². The van der Waals surface area contributed by atoms with E-state index in [0.717, 1.165) is 0 Å². The van der Waals surface area contributed by atoms with Crippen molar-refractivity contribution in [2.75, 3.05) is 38.7 Å². The second-order valence-corrected chi connectivity index (χ2v) is 10.1. The van der Waals surface area contributed by atoms with Gasteiger partial charge in [0.25, 0.3) is 0 Å². The van der Waals surface area contributed by atoms with E-state index in [1.165, 1.54) is 28.2 Å². The molecule has 32 heavy (non-hydrogen) atoms. The van der Waals surface area contributed by atoms with Gasteiger partial charge in [-0.15, -0.1) is 10.2 Å². The van der Waals surface area contributed by atoms with Crippen LogP contribution < -0.4 is 0 Å². The van der Waals surface area contributed by atoms with E-state index in [1.54, 1.807) is 41.0 Å². The van der Waals surface area contributed by atoms with Gasteiger partial charge in [0.05, 0.1) is 18.1 Å². The summed E-state index contributed by atoms with van der Waals surface area (Å²) < 4.78 is 48.2. The fourth-order valence-electron chi connectivity index (χ4n) is 3.33. The highest BCUT2D eigenvalue weighted by molar-refractivity contribution is 7.99. The molecule has 8 nitrogen and oxygen atoms in total. The molecule has 4 rings (SSSR count). The molecule has 2 heterocycles. The Bertz CT molecular complexity index is 1160. The van der Waals surface area contributed by atoms with Crippen molar-refractivity contribution in [3.63, 3.8) is 0 Å². The minimum atomic E-state index is -3.67. The Morgan fingerprint density at radius 3 is 2.56 bits per heavy atom. The molecule has 0 atom stereocenters. The Hall–Kier alpha value is -2.31. The fourth-order valence-corrected chi connectivity index (χ4v) is 5.66. The average molecular weight is 479 g/mol. The number of aliphatic hydroxyl groups excluding tert-OH is 1. The molecule has 2 aromatic carbocycles. The molecule has 0 spiro atoms. The van der Waals surface area contributed by atoms with Gasteiger partial charge in [0.2, 0.25) is 10.0 Å². The van der Waals surface area contributed by atoms with Crippen LogP contribution in [-0.4, -0.2) is 71.3 Å². The van der Waals surface area contributed by atoms with Crippen LogP contribution in [0.25, 0.3) is 17.1 Å². The molecule has 1 aromatic heterocycles. The first kappa shape index (κ1) is 22.9. The zero-order valence-electron chi connectivity index (χ0n) is 17.2. The normalized spacial score (nSPS) is 15.2. The maximum absolute atomic E-state index is 13.5. The standard InChI is InChI=1S/C21H23FN4O4S2/c22-17-5-7-18(8-6-17)26-20(23-24-21(26)31-14-2-11-27)16-3-1-4-19(15-16)32(28,29)25-9-12-30-13-10-25/h1,3-8,15,27H,2,9-14H2. The molecule has 0 radical (unpaired) electrons. The van der Waals surface area contributed by atoms with Crippen LogP contribution in [0, 0.1) is 5.82 Å². The van der Waals surface area contributed by atoms with Gasteiger partial charge in [0.1, 0.15) is 5.82 Å². The molecule has 170 valence electrons. The van der Waals surface area contributed by atoms with E-state index in [9.17, 15) is 12.8 Å². The number of hydrogen-bond acceptors (Lipinski definition) is 7. The number of rotatable bonds is 8. The van der Waals surface area contributed by atoms with Crippen molar-refractivity contribution in [2.45, 2.75) is 16.5 Å². The average Bonchev–Trinajstić information content (AvgIpc) is 3.24. The van der Waals surface area contributed by atoms with Crippen LogP contribution in [0.15, 0.2) is 58.6 Å². The van der Waals surface area contributed by atoms with Gasteiger partial charge >= 0.3 is 0 Å². The highest BCUT2D eigenvalue weighted by atomic mass is 32.2. The summed E-state index contributed by atoms with van der Waals surface area (Å²) in [5.74, 6) is 0.708. The third-order valence-electron chi connectivity index (χ3n) is 4.95. The first-order valence-corrected chi connectivity index (χ1v) is 12.6.